The highest BCUT2D eigenvalue weighted by Crippen LogP contribution is 2.43. The van der Waals surface area contributed by atoms with Gasteiger partial charge < -0.3 is 0 Å². The molecule has 0 heterocycles. The van der Waals surface area contributed by atoms with Crippen molar-refractivity contribution in [3.05, 3.63) is 12.2 Å². The Hall–Kier alpha value is -0.830. The van der Waals surface area contributed by atoms with Crippen molar-refractivity contribution in [2.45, 2.75) is 32.6 Å². The standard InChI is InChI=1S/C14H23NO2/c1-10-8-9-11-6-4-5-7-12(11)13(10)14(16)15(2)17-3/h8-13H,4-7H2,1-3H3/t10-,11+,12+,13+/m0/s1. The van der Waals surface area contributed by atoms with Crippen molar-refractivity contribution in [1.29, 1.82) is 0 Å². The molecule has 96 valence electrons. The maximum Gasteiger partial charge on any atom is 0.249 e. The molecule has 0 unspecified atom stereocenters. The van der Waals surface area contributed by atoms with Crippen LogP contribution >= 0.6 is 0 Å². The molecule has 2 rings (SSSR count). The van der Waals surface area contributed by atoms with E-state index in [-0.39, 0.29) is 11.8 Å². The smallest absolute Gasteiger partial charge is 0.249 e. The van der Waals surface area contributed by atoms with Crippen LogP contribution in [0.5, 0.6) is 0 Å². The van der Waals surface area contributed by atoms with Crippen molar-refractivity contribution < 1.29 is 9.63 Å². The zero-order valence-corrected chi connectivity index (χ0v) is 11.1. The predicted octanol–water partition coefficient (Wildman–Crippen LogP) is 2.63. The molecule has 0 aliphatic heterocycles. The Kier molecular flexibility index (Phi) is 3.87. The highest BCUT2D eigenvalue weighted by atomic mass is 16.7. The molecule has 0 saturated heterocycles. The Morgan fingerprint density at radius 1 is 1.29 bits per heavy atom. The normalized spacial score (nSPS) is 36.4. The molecule has 3 heteroatoms. The highest BCUT2D eigenvalue weighted by molar-refractivity contribution is 5.78. The Morgan fingerprint density at radius 3 is 2.71 bits per heavy atom. The van der Waals surface area contributed by atoms with Crippen LogP contribution in [0.4, 0.5) is 0 Å². The molecule has 17 heavy (non-hydrogen) atoms. The maximum absolute atomic E-state index is 12.4. The number of carbonyl (C=O) groups is 1. The third-order valence-electron chi connectivity index (χ3n) is 4.43. The van der Waals surface area contributed by atoms with Crippen LogP contribution in [0.15, 0.2) is 12.2 Å². The molecule has 4 atom stereocenters. The van der Waals surface area contributed by atoms with Gasteiger partial charge in [0, 0.05) is 13.0 Å². The van der Waals surface area contributed by atoms with Gasteiger partial charge in [-0.15, -0.1) is 0 Å². The van der Waals surface area contributed by atoms with E-state index < -0.39 is 0 Å². The van der Waals surface area contributed by atoms with Crippen molar-refractivity contribution in [2.24, 2.45) is 23.7 Å². The van der Waals surface area contributed by atoms with Crippen molar-refractivity contribution in [1.82, 2.24) is 5.06 Å². The zero-order chi connectivity index (χ0) is 12.4. The predicted molar refractivity (Wildman–Crippen MR) is 67.0 cm³/mol. The lowest BCUT2D eigenvalue weighted by Gasteiger charge is -2.41. The van der Waals surface area contributed by atoms with Gasteiger partial charge in [-0.3, -0.25) is 9.63 Å². The Balaban J connectivity index is 2.18. The van der Waals surface area contributed by atoms with Gasteiger partial charge >= 0.3 is 0 Å². The monoisotopic (exact) mass is 237 g/mol. The minimum atomic E-state index is 0.107. The average molecular weight is 237 g/mol. The van der Waals surface area contributed by atoms with Crippen molar-refractivity contribution in [3.8, 4) is 0 Å². The van der Waals surface area contributed by atoms with Gasteiger partial charge in [-0.1, -0.05) is 31.9 Å². The van der Waals surface area contributed by atoms with E-state index in [1.165, 1.54) is 30.7 Å². The fourth-order valence-electron chi connectivity index (χ4n) is 3.41. The SMILES string of the molecule is CON(C)C(=O)[C@H]1[C@@H]2CCCC[C@@H]2C=C[C@@H]1C. The van der Waals surface area contributed by atoms with Crippen LogP contribution in [0.1, 0.15) is 32.6 Å². The number of hydroxylamine groups is 2. The molecule has 0 aromatic heterocycles. The number of rotatable bonds is 2. The molecule has 2 aliphatic carbocycles. The molecular weight excluding hydrogens is 214 g/mol. The number of hydrogen-bond acceptors (Lipinski definition) is 2. The van der Waals surface area contributed by atoms with E-state index in [4.69, 9.17) is 4.84 Å². The second kappa shape index (κ2) is 5.21. The van der Waals surface area contributed by atoms with Gasteiger partial charge in [0.15, 0.2) is 0 Å². The fourth-order valence-corrected chi connectivity index (χ4v) is 3.41. The molecule has 1 amide bonds. The lowest BCUT2D eigenvalue weighted by molar-refractivity contribution is -0.178. The van der Waals surface area contributed by atoms with E-state index in [0.29, 0.717) is 17.8 Å². The van der Waals surface area contributed by atoms with E-state index in [0.717, 1.165) is 0 Å². The minimum absolute atomic E-state index is 0.107. The van der Waals surface area contributed by atoms with Gasteiger partial charge in [0.1, 0.15) is 0 Å². The second-order valence-electron chi connectivity index (χ2n) is 5.40. The molecule has 0 aromatic carbocycles. The molecule has 0 aromatic rings. The van der Waals surface area contributed by atoms with Crippen LogP contribution in [0.2, 0.25) is 0 Å². The summed E-state index contributed by atoms with van der Waals surface area (Å²) in [6, 6.07) is 0. The lowest BCUT2D eigenvalue weighted by Crippen LogP contribution is -2.43. The van der Waals surface area contributed by atoms with Gasteiger partial charge in [0.2, 0.25) is 5.91 Å². The summed E-state index contributed by atoms with van der Waals surface area (Å²) < 4.78 is 0. The average Bonchev–Trinajstić information content (AvgIpc) is 2.37. The molecule has 1 fully saturated rings. The molecule has 1 saturated carbocycles. The summed E-state index contributed by atoms with van der Waals surface area (Å²) in [4.78, 5) is 17.4. The number of hydrogen-bond donors (Lipinski definition) is 0. The molecule has 0 spiro atoms. The van der Waals surface area contributed by atoms with E-state index in [1.54, 1.807) is 14.2 Å². The first-order valence-corrected chi connectivity index (χ1v) is 6.65. The van der Waals surface area contributed by atoms with Gasteiger partial charge in [0.05, 0.1) is 7.11 Å². The van der Waals surface area contributed by atoms with Crippen LogP contribution < -0.4 is 0 Å². The summed E-state index contributed by atoms with van der Waals surface area (Å²) in [7, 11) is 3.27. The summed E-state index contributed by atoms with van der Waals surface area (Å²) in [5.41, 5.74) is 0. The quantitative estimate of drug-likeness (QED) is 0.546. The van der Waals surface area contributed by atoms with E-state index in [1.807, 2.05) is 0 Å². The number of nitrogens with zero attached hydrogens (tertiary/aromatic N) is 1. The van der Waals surface area contributed by atoms with Gasteiger partial charge in [0.25, 0.3) is 0 Å². The largest absolute Gasteiger partial charge is 0.275 e. The van der Waals surface area contributed by atoms with Gasteiger partial charge in [-0.25, -0.2) is 5.06 Å². The van der Waals surface area contributed by atoms with Gasteiger partial charge in [-0.05, 0) is 30.6 Å². The summed E-state index contributed by atoms with van der Waals surface area (Å²) in [6.07, 6.45) is 9.56. The third kappa shape index (κ3) is 2.39. The molecule has 0 radical (unpaired) electrons. The van der Waals surface area contributed by atoms with E-state index in [9.17, 15) is 4.79 Å². The fraction of sp³-hybridized carbons (Fsp3) is 0.786. The van der Waals surface area contributed by atoms with Crippen molar-refractivity contribution in [3.63, 3.8) is 0 Å². The van der Waals surface area contributed by atoms with E-state index >= 15 is 0 Å². The molecule has 0 bridgehead atoms. The molecule has 3 nitrogen and oxygen atoms in total. The topological polar surface area (TPSA) is 29.5 Å². The first-order valence-electron chi connectivity index (χ1n) is 6.65. The number of carbonyl (C=O) groups excluding carboxylic acids is 1. The van der Waals surface area contributed by atoms with Crippen LogP contribution in [0.3, 0.4) is 0 Å². The Bertz CT molecular complexity index is 313. The minimum Gasteiger partial charge on any atom is -0.275 e. The lowest BCUT2D eigenvalue weighted by atomic mass is 9.65. The summed E-state index contributed by atoms with van der Waals surface area (Å²) >= 11 is 0. The first kappa shape index (κ1) is 12.6. The third-order valence-corrected chi connectivity index (χ3v) is 4.43. The summed E-state index contributed by atoms with van der Waals surface area (Å²) in [5.74, 6) is 1.71. The molecule has 2 aliphatic rings. The number of amides is 1. The van der Waals surface area contributed by atoms with Crippen molar-refractivity contribution >= 4 is 5.91 Å². The van der Waals surface area contributed by atoms with Crippen LogP contribution in [0, 0.1) is 23.7 Å². The zero-order valence-electron chi connectivity index (χ0n) is 11.1. The van der Waals surface area contributed by atoms with Crippen molar-refractivity contribution in [2.75, 3.05) is 14.2 Å². The first-order chi connectivity index (χ1) is 8.15. The molecule has 0 N–H and O–H groups in total. The number of fused-ring (bicyclic) bond motifs is 1. The Morgan fingerprint density at radius 2 is 2.00 bits per heavy atom. The summed E-state index contributed by atoms with van der Waals surface area (Å²) in [5, 5.41) is 1.39. The number of allylic oxidation sites excluding steroid dienone is 2. The van der Waals surface area contributed by atoms with Crippen LogP contribution in [-0.2, 0) is 9.63 Å². The van der Waals surface area contributed by atoms with Gasteiger partial charge in [-0.2, -0.15) is 0 Å². The highest BCUT2D eigenvalue weighted by Gasteiger charge is 2.41. The second-order valence-corrected chi connectivity index (χ2v) is 5.40. The van der Waals surface area contributed by atoms with Crippen LogP contribution in [0.25, 0.3) is 0 Å². The molecular formula is C14H23NO2. The Labute approximate surface area is 104 Å². The van der Waals surface area contributed by atoms with E-state index in [2.05, 4.69) is 19.1 Å². The maximum atomic E-state index is 12.4. The summed E-state index contributed by atoms with van der Waals surface area (Å²) in [6.45, 7) is 2.15. The van der Waals surface area contributed by atoms with Crippen LogP contribution in [-0.4, -0.2) is 25.1 Å².